The lowest BCUT2D eigenvalue weighted by atomic mass is 10.2. The first-order chi connectivity index (χ1) is 11.4. The number of carbonyl (C=O) groups is 1. The van der Waals surface area contributed by atoms with Crippen molar-refractivity contribution in [2.24, 2.45) is 7.05 Å². The van der Waals surface area contributed by atoms with Gasteiger partial charge in [0.2, 0.25) is 0 Å². The third-order valence-electron chi connectivity index (χ3n) is 3.58. The van der Waals surface area contributed by atoms with E-state index in [0.29, 0.717) is 17.4 Å². The van der Waals surface area contributed by atoms with Crippen LogP contribution in [-0.2, 0) is 26.4 Å². The Bertz CT molecular complexity index is 836. The number of esters is 1. The van der Waals surface area contributed by atoms with Gasteiger partial charge >= 0.3 is 5.97 Å². The number of pyridine rings is 1. The Morgan fingerprint density at radius 2 is 2.12 bits per heavy atom. The molecule has 0 N–H and O–H groups in total. The molecule has 0 radical (unpaired) electrons. The van der Waals surface area contributed by atoms with Crippen molar-refractivity contribution in [3.05, 3.63) is 24.5 Å². The Hall–Kier alpha value is -1.94. The van der Waals surface area contributed by atoms with Gasteiger partial charge in [0, 0.05) is 25.0 Å². The van der Waals surface area contributed by atoms with E-state index in [4.69, 9.17) is 4.74 Å². The molecule has 0 unspecified atom stereocenters. The van der Waals surface area contributed by atoms with E-state index in [2.05, 4.69) is 15.2 Å². The van der Waals surface area contributed by atoms with Crippen LogP contribution in [0.1, 0.15) is 6.42 Å². The summed E-state index contributed by atoms with van der Waals surface area (Å²) in [5.74, 6) is 0.278. The van der Waals surface area contributed by atoms with Gasteiger partial charge in [-0.25, -0.2) is 8.42 Å². The summed E-state index contributed by atoms with van der Waals surface area (Å²) >= 11 is 1.20. The van der Waals surface area contributed by atoms with Gasteiger partial charge in [0.05, 0.1) is 17.3 Å². The minimum atomic E-state index is -3.06. The summed E-state index contributed by atoms with van der Waals surface area (Å²) in [4.78, 5) is 15.8. The van der Waals surface area contributed by atoms with Gasteiger partial charge in [-0.3, -0.25) is 9.78 Å². The van der Waals surface area contributed by atoms with Gasteiger partial charge in [0.15, 0.2) is 20.8 Å². The van der Waals surface area contributed by atoms with E-state index in [-0.39, 0.29) is 17.3 Å². The van der Waals surface area contributed by atoms with E-state index in [1.165, 1.54) is 11.8 Å². The molecule has 8 nitrogen and oxygen atoms in total. The molecule has 0 amide bonds. The van der Waals surface area contributed by atoms with Crippen LogP contribution in [0, 0.1) is 0 Å². The van der Waals surface area contributed by atoms with Crippen molar-refractivity contribution in [1.82, 2.24) is 19.7 Å². The number of nitrogens with zero attached hydrogens (tertiary/aromatic N) is 4. The third kappa shape index (κ3) is 3.93. The van der Waals surface area contributed by atoms with Gasteiger partial charge in [-0.2, -0.15) is 0 Å². The zero-order valence-corrected chi connectivity index (χ0v) is 14.6. The largest absolute Gasteiger partial charge is 0.461 e. The quantitative estimate of drug-likeness (QED) is 0.561. The molecule has 1 fully saturated rings. The molecule has 0 aliphatic carbocycles. The average Bonchev–Trinajstić information content (AvgIpc) is 3.08. The van der Waals surface area contributed by atoms with E-state index >= 15 is 0 Å². The molecular formula is C14H16N4O4S2. The standard InChI is InChI=1S/C14H16N4O4S2/c1-18-13(10-2-5-15-6-3-10)16-17-14(18)23-8-12(19)22-11-4-7-24(20,21)9-11/h2-3,5-6,11H,4,7-9H2,1H3/t11-/m0/s1. The fraction of sp³-hybridized carbons (Fsp3) is 0.429. The summed E-state index contributed by atoms with van der Waals surface area (Å²) < 4.78 is 29.7. The van der Waals surface area contributed by atoms with Crippen LogP contribution in [0.2, 0.25) is 0 Å². The van der Waals surface area contributed by atoms with Crippen LogP contribution in [-0.4, -0.2) is 57.5 Å². The zero-order valence-electron chi connectivity index (χ0n) is 13.0. The van der Waals surface area contributed by atoms with E-state index in [1.807, 2.05) is 19.2 Å². The number of hydrogen-bond donors (Lipinski definition) is 0. The normalized spacial score (nSPS) is 19.3. The number of ether oxygens (including phenoxy) is 1. The number of carbonyl (C=O) groups excluding carboxylic acids is 1. The van der Waals surface area contributed by atoms with Crippen LogP contribution in [0.3, 0.4) is 0 Å². The number of rotatable bonds is 5. The topological polar surface area (TPSA) is 104 Å². The van der Waals surface area contributed by atoms with Gasteiger partial charge in [-0.05, 0) is 18.6 Å². The first-order valence-electron chi connectivity index (χ1n) is 7.27. The van der Waals surface area contributed by atoms with Crippen LogP contribution >= 0.6 is 11.8 Å². The Labute approximate surface area is 143 Å². The van der Waals surface area contributed by atoms with Crippen molar-refractivity contribution >= 4 is 27.6 Å². The first kappa shape index (κ1) is 16.9. The van der Waals surface area contributed by atoms with Crippen LogP contribution < -0.4 is 0 Å². The summed E-state index contributed by atoms with van der Waals surface area (Å²) in [7, 11) is -1.25. The maximum atomic E-state index is 11.9. The van der Waals surface area contributed by atoms with Crippen molar-refractivity contribution in [2.75, 3.05) is 17.3 Å². The van der Waals surface area contributed by atoms with Crippen molar-refractivity contribution in [3.8, 4) is 11.4 Å². The maximum absolute atomic E-state index is 11.9. The summed E-state index contributed by atoms with van der Waals surface area (Å²) in [6.07, 6.45) is 3.18. The second kappa shape index (κ2) is 6.89. The lowest BCUT2D eigenvalue weighted by Gasteiger charge is -2.09. The Kier molecular flexibility index (Phi) is 4.86. The number of thioether (sulfide) groups is 1. The summed E-state index contributed by atoms with van der Waals surface area (Å²) in [5.41, 5.74) is 0.880. The van der Waals surface area contributed by atoms with Gasteiger partial charge in [0.25, 0.3) is 0 Å². The highest BCUT2D eigenvalue weighted by Gasteiger charge is 2.30. The van der Waals surface area contributed by atoms with E-state index in [1.54, 1.807) is 17.0 Å². The molecule has 1 saturated heterocycles. The van der Waals surface area contributed by atoms with Crippen LogP contribution in [0.5, 0.6) is 0 Å². The summed E-state index contributed by atoms with van der Waals surface area (Å²) in [6, 6.07) is 3.65. The molecule has 2 aromatic heterocycles. The van der Waals surface area contributed by atoms with Gasteiger partial charge in [-0.1, -0.05) is 11.8 Å². The van der Waals surface area contributed by atoms with Crippen LogP contribution in [0.4, 0.5) is 0 Å². The predicted octanol–water partition coefficient (Wildman–Crippen LogP) is 0.699. The lowest BCUT2D eigenvalue weighted by molar-refractivity contribution is -0.144. The maximum Gasteiger partial charge on any atom is 0.316 e. The van der Waals surface area contributed by atoms with Gasteiger partial charge in [-0.15, -0.1) is 10.2 Å². The SMILES string of the molecule is Cn1c(SCC(=O)O[C@H]2CCS(=O)(=O)C2)nnc1-c1ccncc1. The van der Waals surface area contributed by atoms with E-state index in [0.717, 1.165) is 5.56 Å². The van der Waals surface area contributed by atoms with Gasteiger partial charge < -0.3 is 9.30 Å². The van der Waals surface area contributed by atoms with Crippen molar-refractivity contribution in [2.45, 2.75) is 17.7 Å². The van der Waals surface area contributed by atoms with Crippen LogP contribution in [0.25, 0.3) is 11.4 Å². The highest BCUT2D eigenvalue weighted by molar-refractivity contribution is 7.99. The monoisotopic (exact) mass is 368 g/mol. The number of hydrogen-bond acceptors (Lipinski definition) is 8. The molecule has 0 saturated carbocycles. The molecule has 0 aromatic carbocycles. The fourth-order valence-electron chi connectivity index (χ4n) is 2.39. The molecule has 3 heterocycles. The second-order valence-electron chi connectivity index (χ2n) is 5.40. The molecule has 10 heteroatoms. The van der Waals surface area contributed by atoms with Crippen molar-refractivity contribution in [1.29, 1.82) is 0 Å². The Morgan fingerprint density at radius 3 is 2.79 bits per heavy atom. The smallest absolute Gasteiger partial charge is 0.316 e. The molecule has 1 aliphatic rings. The average molecular weight is 368 g/mol. The van der Waals surface area contributed by atoms with Crippen molar-refractivity contribution in [3.63, 3.8) is 0 Å². The Morgan fingerprint density at radius 1 is 1.38 bits per heavy atom. The zero-order chi connectivity index (χ0) is 17.2. The van der Waals surface area contributed by atoms with E-state index < -0.39 is 21.9 Å². The molecule has 1 atom stereocenters. The summed E-state index contributed by atoms with van der Waals surface area (Å²) in [6.45, 7) is 0. The minimum Gasteiger partial charge on any atom is -0.461 e. The fourth-order valence-corrected chi connectivity index (χ4v) is 4.67. The van der Waals surface area contributed by atoms with Crippen LogP contribution in [0.15, 0.2) is 29.7 Å². The second-order valence-corrected chi connectivity index (χ2v) is 8.58. The predicted molar refractivity (Wildman–Crippen MR) is 88.1 cm³/mol. The molecule has 0 spiro atoms. The Balaban J connectivity index is 1.57. The highest BCUT2D eigenvalue weighted by atomic mass is 32.2. The highest BCUT2D eigenvalue weighted by Crippen LogP contribution is 2.23. The molecule has 3 rings (SSSR count). The molecule has 1 aliphatic heterocycles. The first-order valence-corrected chi connectivity index (χ1v) is 10.1. The third-order valence-corrected chi connectivity index (χ3v) is 6.31. The minimum absolute atomic E-state index is 0.0544. The van der Waals surface area contributed by atoms with E-state index in [9.17, 15) is 13.2 Å². The van der Waals surface area contributed by atoms with Crippen molar-refractivity contribution < 1.29 is 17.9 Å². The molecule has 0 bridgehead atoms. The molecule has 128 valence electrons. The molecule has 24 heavy (non-hydrogen) atoms. The molecule has 2 aromatic rings. The summed E-state index contributed by atoms with van der Waals surface area (Å²) in [5, 5.41) is 8.77. The number of aromatic nitrogens is 4. The number of sulfone groups is 1. The molecular weight excluding hydrogens is 352 g/mol. The van der Waals surface area contributed by atoms with Gasteiger partial charge in [0.1, 0.15) is 6.10 Å². The lowest BCUT2D eigenvalue weighted by Crippen LogP contribution is -2.20.